The van der Waals surface area contributed by atoms with Gasteiger partial charge >= 0.3 is 0 Å². The average molecular weight is 361 g/mol. The summed E-state index contributed by atoms with van der Waals surface area (Å²) in [6, 6.07) is 12.3. The van der Waals surface area contributed by atoms with Gasteiger partial charge in [0.25, 0.3) is 0 Å². The minimum atomic E-state index is -0.297. The molecular weight excluding hydrogens is 340 g/mol. The summed E-state index contributed by atoms with van der Waals surface area (Å²) < 4.78 is 5.39. The monoisotopic (exact) mass is 360 g/mol. The van der Waals surface area contributed by atoms with Gasteiger partial charge in [0.05, 0.1) is 6.61 Å². The smallest absolute Gasteiger partial charge is 0.244 e. The van der Waals surface area contributed by atoms with Gasteiger partial charge in [-0.05, 0) is 55.8 Å². The number of carbonyl (C=O) groups is 2. The zero-order chi connectivity index (χ0) is 18.4. The van der Waals surface area contributed by atoms with Crippen molar-refractivity contribution in [2.24, 2.45) is 0 Å². The number of nitrogens with one attached hydrogen (secondary N) is 1. The van der Waals surface area contributed by atoms with Gasteiger partial charge in [-0.2, -0.15) is 0 Å². The maximum absolute atomic E-state index is 12.4. The summed E-state index contributed by atoms with van der Waals surface area (Å²) in [5.41, 5.74) is 2.05. The molecule has 0 saturated heterocycles. The van der Waals surface area contributed by atoms with E-state index in [0.29, 0.717) is 28.8 Å². The highest BCUT2D eigenvalue weighted by Gasteiger charge is 2.17. The highest BCUT2D eigenvalue weighted by molar-refractivity contribution is 6.31. The summed E-state index contributed by atoms with van der Waals surface area (Å²) >= 11 is 6.06. The van der Waals surface area contributed by atoms with Crippen LogP contribution in [0.3, 0.4) is 0 Å². The zero-order valence-electron chi connectivity index (χ0n) is 14.5. The van der Waals surface area contributed by atoms with Crippen LogP contribution in [0.4, 0.5) is 11.4 Å². The largest absolute Gasteiger partial charge is 0.494 e. The number of carbonyl (C=O) groups excluding carboxylic acids is 2. The molecule has 0 saturated carbocycles. The maximum Gasteiger partial charge on any atom is 0.244 e. The number of benzene rings is 2. The van der Waals surface area contributed by atoms with Crippen molar-refractivity contribution in [3.8, 4) is 5.75 Å². The van der Waals surface area contributed by atoms with E-state index in [1.54, 1.807) is 42.5 Å². The molecule has 6 heteroatoms. The van der Waals surface area contributed by atoms with Crippen molar-refractivity contribution in [2.75, 3.05) is 23.4 Å². The van der Waals surface area contributed by atoms with Gasteiger partial charge < -0.3 is 15.0 Å². The average Bonchev–Trinajstić information content (AvgIpc) is 2.58. The maximum atomic E-state index is 12.4. The molecule has 1 N–H and O–H groups in total. The summed E-state index contributed by atoms with van der Waals surface area (Å²) in [6.07, 6.45) is 0. The van der Waals surface area contributed by atoms with Crippen LogP contribution in [0.5, 0.6) is 5.75 Å². The quantitative estimate of drug-likeness (QED) is 0.845. The molecule has 0 bridgehead atoms. The molecule has 0 aliphatic rings. The minimum absolute atomic E-state index is 0.0880. The third-order valence-electron chi connectivity index (χ3n) is 3.68. The van der Waals surface area contributed by atoms with E-state index in [-0.39, 0.29) is 18.4 Å². The first-order valence-corrected chi connectivity index (χ1v) is 8.36. The van der Waals surface area contributed by atoms with Crippen LogP contribution < -0.4 is 15.0 Å². The molecule has 0 aliphatic carbocycles. The van der Waals surface area contributed by atoms with Crippen LogP contribution in [0.15, 0.2) is 42.5 Å². The SMILES string of the molecule is CCOc1ccc(N(CC(=O)Nc2cccc(Cl)c2C)C(C)=O)cc1. The summed E-state index contributed by atoms with van der Waals surface area (Å²) in [7, 11) is 0. The van der Waals surface area contributed by atoms with E-state index >= 15 is 0 Å². The highest BCUT2D eigenvalue weighted by atomic mass is 35.5. The van der Waals surface area contributed by atoms with Gasteiger partial charge in [0, 0.05) is 23.3 Å². The predicted octanol–water partition coefficient (Wildman–Crippen LogP) is 4.04. The van der Waals surface area contributed by atoms with E-state index in [2.05, 4.69) is 5.32 Å². The fraction of sp³-hybridized carbons (Fsp3) is 0.263. The fourth-order valence-corrected chi connectivity index (χ4v) is 2.52. The van der Waals surface area contributed by atoms with Crippen LogP contribution in [-0.4, -0.2) is 25.0 Å². The number of ether oxygens (including phenoxy) is 1. The summed E-state index contributed by atoms with van der Waals surface area (Å²) in [4.78, 5) is 25.7. The number of rotatable bonds is 6. The molecule has 25 heavy (non-hydrogen) atoms. The summed E-state index contributed by atoms with van der Waals surface area (Å²) in [5.74, 6) is 0.199. The minimum Gasteiger partial charge on any atom is -0.494 e. The lowest BCUT2D eigenvalue weighted by Gasteiger charge is -2.21. The second-order valence-electron chi connectivity index (χ2n) is 5.49. The van der Waals surface area contributed by atoms with Gasteiger partial charge in [-0.15, -0.1) is 0 Å². The number of halogens is 1. The number of nitrogens with zero attached hydrogens (tertiary/aromatic N) is 1. The fourth-order valence-electron chi connectivity index (χ4n) is 2.35. The Hall–Kier alpha value is -2.53. The normalized spacial score (nSPS) is 10.2. The van der Waals surface area contributed by atoms with Crippen LogP contribution in [0.25, 0.3) is 0 Å². The lowest BCUT2D eigenvalue weighted by Crippen LogP contribution is -2.36. The first kappa shape index (κ1) is 18.8. The van der Waals surface area contributed by atoms with Crippen LogP contribution in [0.2, 0.25) is 5.02 Å². The van der Waals surface area contributed by atoms with Crippen molar-refractivity contribution in [2.45, 2.75) is 20.8 Å². The van der Waals surface area contributed by atoms with Gasteiger partial charge in [-0.3, -0.25) is 9.59 Å². The van der Waals surface area contributed by atoms with E-state index in [0.717, 1.165) is 5.56 Å². The molecule has 2 aromatic carbocycles. The van der Waals surface area contributed by atoms with Crippen molar-refractivity contribution in [1.29, 1.82) is 0 Å². The highest BCUT2D eigenvalue weighted by Crippen LogP contribution is 2.23. The van der Waals surface area contributed by atoms with Crippen LogP contribution in [-0.2, 0) is 9.59 Å². The van der Waals surface area contributed by atoms with Crippen molar-refractivity contribution >= 4 is 34.8 Å². The van der Waals surface area contributed by atoms with Crippen LogP contribution >= 0.6 is 11.6 Å². The van der Waals surface area contributed by atoms with Crippen molar-refractivity contribution in [3.05, 3.63) is 53.1 Å². The number of anilines is 2. The van der Waals surface area contributed by atoms with Gasteiger partial charge in [0.15, 0.2) is 0 Å². The predicted molar refractivity (Wildman–Crippen MR) is 100 cm³/mol. The van der Waals surface area contributed by atoms with Gasteiger partial charge in [0.1, 0.15) is 12.3 Å². The molecule has 5 nitrogen and oxygen atoms in total. The molecule has 0 fully saturated rings. The standard InChI is InChI=1S/C19H21ClN2O3/c1-4-25-16-10-8-15(9-11-16)22(14(3)23)12-19(24)21-18-7-5-6-17(20)13(18)2/h5-11H,4,12H2,1-3H3,(H,21,24). The molecule has 0 spiro atoms. The number of hydrogen-bond acceptors (Lipinski definition) is 3. The van der Waals surface area contributed by atoms with E-state index < -0.39 is 0 Å². The molecule has 0 aromatic heterocycles. The molecular formula is C19H21ClN2O3. The Morgan fingerprint density at radius 2 is 1.84 bits per heavy atom. The van der Waals surface area contributed by atoms with Gasteiger partial charge in [-0.1, -0.05) is 17.7 Å². The Bertz CT molecular complexity index is 760. The molecule has 0 atom stereocenters. The van der Waals surface area contributed by atoms with Crippen molar-refractivity contribution in [1.82, 2.24) is 0 Å². The van der Waals surface area contributed by atoms with Crippen molar-refractivity contribution < 1.29 is 14.3 Å². The number of amides is 2. The Labute approximate surface area is 152 Å². The van der Waals surface area contributed by atoms with Gasteiger partial charge in [0.2, 0.25) is 11.8 Å². The Morgan fingerprint density at radius 3 is 2.44 bits per heavy atom. The molecule has 0 unspecified atom stereocenters. The first-order valence-electron chi connectivity index (χ1n) is 7.98. The Balaban J connectivity index is 2.11. The Morgan fingerprint density at radius 1 is 1.16 bits per heavy atom. The molecule has 0 radical (unpaired) electrons. The van der Waals surface area contributed by atoms with E-state index in [1.165, 1.54) is 11.8 Å². The zero-order valence-corrected chi connectivity index (χ0v) is 15.3. The number of hydrogen-bond donors (Lipinski definition) is 1. The van der Waals surface area contributed by atoms with E-state index in [9.17, 15) is 9.59 Å². The van der Waals surface area contributed by atoms with Crippen molar-refractivity contribution in [3.63, 3.8) is 0 Å². The van der Waals surface area contributed by atoms with Gasteiger partial charge in [-0.25, -0.2) is 0 Å². The van der Waals surface area contributed by atoms with E-state index in [1.807, 2.05) is 13.8 Å². The molecule has 2 rings (SSSR count). The summed E-state index contributed by atoms with van der Waals surface area (Å²) in [6.45, 7) is 5.63. The lowest BCUT2D eigenvalue weighted by atomic mass is 10.2. The first-order chi connectivity index (χ1) is 11.9. The third-order valence-corrected chi connectivity index (χ3v) is 4.09. The second kappa shape index (κ2) is 8.53. The Kier molecular flexibility index (Phi) is 6.42. The second-order valence-corrected chi connectivity index (χ2v) is 5.90. The molecule has 2 aromatic rings. The molecule has 0 aliphatic heterocycles. The summed E-state index contributed by atoms with van der Waals surface area (Å²) in [5, 5.41) is 3.37. The topological polar surface area (TPSA) is 58.6 Å². The molecule has 2 amide bonds. The molecule has 132 valence electrons. The van der Waals surface area contributed by atoms with Crippen LogP contribution in [0.1, 0.15) is 19.4 Å². The lowest BCUT2D eigenvalue weighted by molar-refractivity contribution is -0.120. The molecule has 0 heterocycles. The van der Waals surface area contributed by atoms with E-state index in [4.69, 9.17) is 16.3 Å². The van der Waals surface area contributed by atoms with Crippen LogP contribution in [0, 0.1) is 6.92 Å². The third kappa shape index (κ3) is 4.97.